The molecule has 5 aliphatic rings. The van der Waals surface area contributed by atoms with Gasteiger partial charge in [-0.05, 0) is 114 Å². The molecule has 7 rings (SSSR count). The van der Waals surface area contributed by atoms with Gasteiger partial charge >= 0.3 is 12.1 Å². The fourth-order valence-electron chi connectivity index (χ4n) is 13.8. The van der Waals surface area contributed by atoms with Crippen molar-refractivity contribution in [1.29, 1.82) is 0 Å². The van der Waals surface area contributed by atoms with Crippen LogP contribution in [0.5, 0.6) is 0 Å². The number of carbonyl (C=O) groups is 7. The van der Waals surface area contributed by atoms with Crippen LogP contribution in [0.25, 0.3) is 0 Å². The number of fused-ring (bicyclic) bond motifs is 3. The third-order valence-corrected chi connectivity index (χ3v) is 20.1. The Morgan fingerprint density at radius 1 is 0.733 bits per heavy atom. The lowest BCUT2D eigenvalue weighted by Gasteiger charge is -2.42. The predicted octanol–water partition coefficient (Wildman–Crippen LogP) is 6.82. The molecule has 3 amide bonds. The van der Waals surface area contributed by atoms with Gasteiger partial charge in [0.15, 0.2) is 5.78 Å². The summed E-state index contributed by atoms with van der Waals surface area (Å²) in [6.07, 6.45) is 15.6. The van der Waals surface area contributed by atoms with Crippen LogP contribution < -0.4 is 20.4 Å². The largest absolute Gasteiger partial charge is 0.460 e. The summed E-state index contributed by atoms with van der Waals surface area (Å²) in [7, 11) is 4.49. The van der Waals surface area contributed by atoms with Crippen LogP contribution in [0.3, 0.4) is 0 Å². The van der Waals surface area contributed by atoms with Crippen molar-refractivity contribution in [2.75, 3.05) is 110 Å². The smallest absolute Gasteiger partial charge is 0.407 e. The zero-order valence-corrected chi connectivity index (χ0v) is 61.1. The average Bonchev–Trinajstić information content (AvgIpc) is 0.778. The number of hydrogen-bond acceptors (Lipinski definition) is 24. The first kappa shape index (κ1) is 81.3. The number of cyclic esters (lactones) is 1. The van der Waals surface area contributed by atoms with Crippen LogP contribution in [-0.2, 0) is 73.1 Å². The van der Waals surface area contributed by atoms with E-state index in [4.69, 9.17) is 42.6 Å². The van der Waals surface area contributed by atoms with Crippen LogP contribution in [0, 0.1) is 35.5 Å². The zero-order chi connectivity index (χ0) is 73.2. The molecule has 1 unspecified atom stereocenters. The summed E-state index contributed by atoms with van der Waals surface area (Å²) in [4.78, 5) is 122. The molecule has 1 aliphatic carbocycles. The molecule has 2 aromatic heterocycles. The molecule has 27 heteroatoms. The number of anilines is 2. The van der Waals surface area contributed by atoms with Crippen molar-refractivity contribution in [3.05, 3.63) is 83.5 Å². The minimum absolute atomic E-state index is 0.0171. The number of piperazine rings is 1. The maximum atomic E-state index is 14.8. The molecular formula is C74H111N9O18. The van der Waals surface area contributed by atoms with Gasteiger partial charge in [-0.15, -0.1) is 0 Å². The first-order valence-electron chi connectivity index (χ1n) is 36.1. The second-order valence-electron chi connectivity index (χ2n) is 27.6. The van der Waals surface area contributed by atoms with Crippen LogP contribution in [0.1, 0.15) is 148 Å². The number of ketones is 3. The van der Waals surface area contributed by atoms with Crippen LogP contribution in [0.4, 0.5) is 16.7 Å². The summed E-state index contributed by atoms with van der Waals surface area (Å²) in [6, 6.07) is -1.21. The highest BCUT2D eigenvalue weighted by atomic mass is 16.6. The van der Waals surface area contributed by atoms with E-state index in [0.29, 0.717) is 159 Å². The Kier molecular flexibility index (Phi) is 32.8. The second-order valence-corrected chi connectivity index (χ2v) is 27.6. The Balaban J connectivity index is 0.955. The highest BCUT2D eigenvalue weighted by Crippen LogP contribution is 2.38. The van der Waals surface area contributed by atoms with Crippen molar-refractivity contribution in [3.8, 4) is 0 Å². The van der Waals surface area contributed by atoms with Gasteiger partial charge in [0.05, 0.1) is 56.9 Å². The SMILES string of the molecule is CCOCCOCCOCCNC(=O)c1cnc(N2CCN(c3ncc(CNC(=O)O[C@@H]4CC[C@@H](C[C@@H](C)[C@@H]5CC(=O)[C@H](C)/C=C(\C)[C@@H](O)[C@@H](OC)C(=O)[C@H](C)C[C@H](C)/C=C/C=C/C=C(\C)C(OC)C[C@@H]6CC[C@@H](C)[C@@](O)(O6)C(=O)C(=O)N6CCCC[C@H]6C(=O)O5)C[C@H]4OC)cn3)CC2)nc1. The number of rotatable bonds is 22. The lowest BCUT2D eigenvalue weighted by atomic mass is 9.78. The van der Waals surface area contributed by atoms with Crippen molar-refractivity contribution >= 4 is 53.1 Å². The number of ether oxygens (including phenoxy) is 9. The van der Waals surface area contributed by atoms with Crippen molar-refractivity contribution in [1.82, 2.24) is 35.5 Å². The molecule has 15 atom stereocenters. The lowest BCUT2D eigenvalue weighted by molar-refractivity contribution is -0.265. The molecule has 0 spiro atoms. The van der Waals surface area contributed by atoms with E-state index in [1.807, 2.05) is 67.9 Å². The van der Waals surface area contributed by atoms with E-state index >= 15 is 0 Å². The maximum absolute atomic E-state index is 14.8. The van der Waals surface area contributed by atoms with Gasteiger partial charge in [0.25, 0.3) is 17.6 Å². The van der Waals surface area contributed by atoms with E-state index in [1.165, 1.54) is 24.4 Å². The van der Waals surface area contributed by atoms with E-state index in [1.54, 1.807) is 60.4 Å². The third-order valence-electron chi connectivity index (χ3n) is 20.1. The highest BCUT2D eigenvalue weighted by molar-refractivity contribution is 6.39. The van der Waals surface area contributed by atoms with Gasteiger partial charge < -0.3 is 78.2 Å². The summed E-state index contributed by atoms with van der Waals surface area (Å²) in [5, 5.41) is 29.4. The number of aliphatic hydroxyl groups excluding tert-OH is 1. The second kappa shape index (κ2) is 40.8. The number of methoxy groups -OCH3 is 3. The zero-order valence-electron chi connectivity index (χ0n) is 61.1. The Morgan fingerprint density at radius 2 is 1.40 bits per heavy atom. The Labute approximate surface area is 595 Å². The van der Waals surface area contributed by atoms with Gasteiger partial charge in [-0.1, -0.05) is 71.1 Å². The number of Topliss-reactive ketones (excluding diaryl/α,β-unsaturated/α-hetero) is 3. The van der Waals surface area contributed by atoms with E-state index in [-0.39, 0.29) is 61.7 Å². The summed E-state index contributed by atoms with van der Waals surface area (Å²) in [5.41, 5.74) is 2.20. The van der Waals surface area contributed by atoms with Gasteiger partial charge in [0.1, 0.15) is 36.2 Å². The molecule has 6 heterocycles. The number of hydrogen-bond donors (Lipinski definition) is 4. The van der Waals surface area contributed by atoms with E-state index in [0.717, 1.165) is 5.57 Å². The van der Waals surface area contributed by atoms with Gasteiger partial charge in [-0.25, -0.2) is 29.5 Å². The first-order chi connectivity index (χ1) is 48.5. The molecule has 27 nitrogen and oxygen atoms in total. The first-order valence-corrected chi connectivity index (χ1v) is 36.1. The highest BCUT2D eigenvalue weighted by Gasteiger charge is 2.53. The number of esters is 1. The number of amides is 3. The van der Waals surface area contributed by atoms with Crippen LogP contribution >= 0.6 is 0 Å². The van der Waals surface area contributed by atoms with Crippen molar-refractivity contribution in [3.63, 3.8) is 0 Å². The number of nitrogens with one attached hydrogen (secondary N) is 2. The van der Waals surface area contributed by atoms with Crippen LogP contribution in [0.15, 0.2) is 72.4 Å². The van der Waals surface area contributed by atoms with Crippen molar-refractivity contribution in [2.45, 2.75) is 194 Å². The molecule has 2 aromatic rings. The van der Waals surface area contributed by atoms with Crippen molar-refractivity contribution < 1.29 is 86.4 Å². The lowest BCUT2D eigenvalue weighted by Crippen LogP contribution is -2.61. The summed E-state index contributed by atoms with van der Waals surface area (Å²) in [5.74, 6) is -7.93. The number of piperidine rings is 1. The molecule has 4 aliphatic heterocycles. The van der Waals surface area contributed by atoms with Crippen LogP contribution in [-0.4, -0.2) is 231 Å². The Hall–Kier alpha value is -6.95. The van der Waals surface area contributed by atoms with Gasteiger partial charge in [-0.3, -0.25) is 24.0 Å². The average molecular weight is 1410 g/mol. The normalized spacial score (nSPS) is 31.0. The Bertz CT molecular complexity index is 3130. The fraction of sp³-hybridized carbons (Fsp3) is 0.689. The van der Waals surface area contributed by atoms with Crippen molar-refractivity contribution in [2.24, 2.45) is 35.5 Å². The van der Waals surface area contributed by atoms with Gasteiger partial charge in [0.2, 0.25) is 17.7 Å². The number of aromatic nitrogens is 4. The summed E-state index contributed by atoms with van der Waals surface area (Å²) in [6.45, 7) is 20.2. The minimum atomic E-state index is -2.48. The molecular weight excluding hydrogens is 1300 g/mol. The van der Waals surface area contributed by atoms with E-state index in [2.05, 4.69) is 30.6 Å². The monoisotopic (exact) mass is 1410 g/mol. The molecule has 2 bridgehead atoms. The minimum Gasteiger partial charge on any atom is -0.460 e. The summed E-state index contributed by atoms with van der Waals surface area (Å²) < 4.78 is 52.2. The number of allylic oxidation sites excluding steroid dienone is 6. The Morgan fingerprint density at radius 3 is 2.05 bits per heavy atom. The molecule has 560 valence electrons. The predicted molar refractivity (Wildman–Crippen MR) is 375 cm³/mol. The van der Waals surface area contributed by atoms with Gasteiger partial charge in [-0.2, -0.15) is 0 Å². The van der Waals surface area contributed by atoms with Crippen LogP contribution in [0.2, 0.25) is 0 Å². The standard InChI is InChI=1S/C74H111N9O18/c1-12-96-32-33-98-35-34-97-31-25-75-68(88)56-45-78-72(79-46-56)82-29-27-81(28-30-82)71-76-42-55(43-77-71)44-80-73(91)100-60-24-22-54(39-63(60)94-10)38-50(5)62-41-59(84)49(4)37-52(7)65(86)66(95-11)64(85)51(6)36-47(2)18-14-13-15-19-48(3)61(93-9)40-57-23-21-53(8)74(92,101-57)67(87)69(89)83-26-17-16-20-58(83)70(90)99-62/h13-15,18-19,37,42-43,45-47,49-51,53-54,57-58,60-63,65-66,86,92H,12,16-17,20-36,38-41,44H2,1-11H3,(H,75,88)(H,80,91)/b15-13+,18-14+,48-19+,52-37+/t47-,49-,50-,51-,53-,54+,57+,58+,60-,61?,62+,63-,65-,66+,74-/m1/s1. The molecule has 3 saturated heterocycles. The molecule has 0 radical (unpaired) electrons. The molecule has 4 fully saturated rings. The van der Waals surface area contributed by atoms with E-state index in [9.17, 15) is 43.8 Å². The fourth-order valence-corrected chi connectivity index (χ4v) is 13.8. The molecule has 4 N–H and O–H groups in total. The number of carbonyl (C=O) groups excluding carboxylic acids is 7. The number of aliphatic hydroxyl groups is 2. The quantitative estimate of drug-likeness (QED) is 0.0406. The molecule has 101 heavy (non-hydrogen) atoms. The molecule has 0 aromatic carbocycles. The third kappa shape index (κ3) is 23.8. The van der Waals surface area contributed by atoms with Gasteiger partial charge in [0, 0.05) is 135 Å². The van der Waals surface area contributed by atoms with E-state index < -0.39 is 102 Å². The molecule has 1 saturated carbocycles. The number of nitrogens with zero attached hydrogens (tertiary/aromatic N) is 7. The summed E-state index contributed by atoms with van der Waals surface area (Å²) >= 11 is 0. The number of alkyl carbamates (subject to hydrolysis) is 1. The topological polar surface area (TPSA) is 328 Å². The maximum Gasteiger partial charge on any atom is 0.407 e.